The monoisotopic (exact) mass is 449 g/mol. The number of aromatic nitrogens is 3. The van der Waals surface area contributed by atoms with Gasteiger partial charge in [-0.25, -0.2) is 14.0 Å². The molecular formula is C20H24FN3O6Si. The van der Waals surface area contributed by atoms with Gasteiger partial charge in [-0.2, -0.15) is 0 Å². The average Bonchev–Trinajstić information content (AvgIpc) is 3.03. The van der Waals surface area contributed by atoms with E-state index in [2.05, 4.69) is 29.6 Å². The Kier molecular flexibility index (Phi) is 6.67. The third-order valence-corrected chi connectivity index (χ3v) is 5.79. The predicted molar refractivity (Wildman–Crippen MR) is 113 cm³/mol. The van der Waals surface area contributed by atoms with Crippen LogP contribution < -0.4 is 11.2 Å². The number of aromatic amines is 1. The fourth-order valence-corrected chi connectivity index (χ4v) is 3.71. The third-order valence-electron chi connectivity index (χ3n) is 4.62. The molecule has 11 heteroatoms. The van der Waals surface area contributed by atoms with Crippen molar-refractivity contribution in [1.29, 1.82) is 0 Å². The summed E-state index contributed by atoms with van der Waals surface area (Å²) in [5, 5.41) is 9.60. The van der Waals surface area contributed by atoms with Gasteiger partial charge in [0, 0.05) is 18.6 Å². The largest absolute Gasteiger partial charge is 0.453 e. The molecule has 0 unspecified atom stereocenters. The standard InChI is InChI=1S/C20H24FN3O6Si/c1-31(2,3)8-6-13-10-24(20(28)23-17(13)26)18-15(21)16(14(11-25)29-18)30-19(27)12-5-4-7-22-9-12/h4-10,14-16,18,25H,11H2,1-3H3,(H,23,26,28)/t14-,15-,16-,18-/m1/s1. The Labute approximate surface area is 178 Å². The number of pyridine rings is 1. The topological polar surface area (TPSA) is 124 Å². The molecule has 31 heavy (non-hydrogen) atoms. The van der Waals surface area contributed by atoms with E-state index in [1.54, 1.807) is 6.08 Å². The van der Waals surface area contributed by atoms with Crippen LogP contribution in [-0.4, -0.2) is 58.7 Å². The molecule has 4 atom stereocenters. The number of aliphatic hydroxyl groups excluding tert-OH is 1. The van der Waals surface area contributed by atoms with Gasteiger partial charge in [0.1, 0.15) is 6.10 Å². The van der Waals surface area contributed by atoms with E-state index in [1.807, 2.05) is 5.70 Å². The van der Waals surface area contributed by atoms with Crippen molar-refractivity contribution in [3.05, 3.63) is 68.4 Å². The van der Waals surface area contributed by atoms with E-state index >= 15 is 4.39 Å². The van der Waals surface area contributed by atoms with Gasteiger partial charge in [-0.1, -0.05) is 31.4 Å². The predicted octanol–water partition coefficient (Wildman–Crippen LogP) is 1.28. The second-order valence-corrected chi connectivity index (χ2v) is 13.3. The lowest BCUT2D eigenvalue weighted by Gasteiger charge is -2.18. The van der Waals surface area contributed by atoms with Crippen molar-refractivity contribution in [3.63, 3.8) is 0 Å². The summed E-state index contributed by atoms with van der Waals surface area (Å²) in [5.74, 6) is -0.837. The molecule has 0 bridgehead atoms. The van der Waals surface area contributed by atoms with Crippen LogP contribution in [0, 0.1) is 0 Å². The van der Waals surface area contributed by atoms with Gasteiger partial charge in [-0.3, -0.25) is 19.3 Å². The SMILES string of the molecule is C[Si](C)(C)C=Cc1cn([C@@H]2O[C@H](CO)[C@@H](OC(=O)c3cccnc3)[C@H]2F)c(=O)[nH]c1=O. The Morgan fingerprint density at radius 3 is 2.77 bits per heavy atom. The summed E-state index contributed by atoms with van der Waals surface area (Å²) in [6.07, 6.45) is -0.580. The summed E-state index contributed by atoms with van der Waals surface area (Å²) in [7, 11) is -1.64. The maximum Gasteiger partial charge on any atom is 0.340 e. The Morgan fingerprint density at radius 1 is 1.42 bits per heavy atom. The molecule has 166 valence electrons. The zero-order chi connectivity index (χ0) is 22.8. The summed E-state index contributed by atoms with van der Waals surface area (Å²) >= 11 is 0. The lowest BCUT2D eigenvalue weighted by molar-refractivity contribution is -0.0534. The Bertz CT molecular complexity index is 1080. The first kappa shape index (κ1) is 22.8. The van der Waals surface area contributed by atoms with E-state index in [9.17, 15) is 19.5 Å². The number of carbonyl (C=O) groups excluding carboxylic acids is 1. The van der Waals surface area contributed by atoms with Crippen molar-refractivity contribution in [2.45, 2.75) is 44.2 Å². The minimum absolute atomic E-state index is 0.106. The van der Waals surface area contributed by atoms with Gasteiger partial charge in [0.05, 0.1) is 25.8 Å². The molecule has 1 aliphatic heterocycles. The van der Waals surface area contributed by atoms with Gasteiger partial charge in [-0.05, 0) is 12.1 Å². The van der Waals surface area contributed by atoms with Gasteiger partial charge in [0.2, 0.25) is 0 Å². The first-order valence-corrected chi connectivity index (χ1v) is 13.2. The Hall–Kier alpha value is -2.89. The second kappa shape index (κ2) is 9.08. The lowest BCUT2D eigenvalue weighted by Crippen LogP contribution is -2.38. The van der Waals surface area contributed by atoms with Crippen LogP contribution in [-0.2, 0) is 9.47 Å². The van der Waals surface area contributed by atoms with Crippen LogP contribution in [0.5, 0.6) is 0 Å². The van der Waals surface area contributed by atoms with E-state index < -0.39 is 56.5 Å². The molecule has 1 aliphatic rings. The number of nitrogens with zero attached hydrogens (tertiary/aromatic N) is 2. The van der Waals surface area contributed by atoms with Crippen molar-refractivity contribution in [2.24, 2.45) is 0 Å². The number of halogens is 1. The second-order valence-electron chi connectivity index (χ2n) is 8.25. The van der Waals surface area contributed by atoms with Gasteiger partial charge in [-0.15, -0.1) is 0 Å². The molecule has 9 nitrogen and oxygen atoms in total. The van der Waals surface area contributed by atoms with E-state index in [0.717, 1.165) is 4.57 Å². The molecule has 0 aromatic carbocycles. The van der Waals surface area contributed by atoms with Gasteiger partial charge in [0.25, 0.3) is 5.56 Å². The molecular weight excluding hydrogens is 425 g/mol. The number of alkyl halides is 1. The fourth-order valence-electron chi connectivity index (χ4n) is 3.03. The molecule has 2 N–H and O–H groups in total. The van der Waals surface area contributed by atoms with E-state index in [4.69, 9.17) is 9.47 Å². The van der Waals surface area contributed by atoms with Gasteiger partial charge in [0.15, 0.2) is 18.5 Å². The number of nitrogens with one attached hydrogen (secondary N) is 1. The summed E-state index contributed by atoms with van der Waals surface area (Å²) < 4.78 is 26.8. The molecule has 0 radical (unpaired) electrons. The molecule has 0 saturated carbocycles. The molecule has 0 spiro atoms. The summed E-state index contributed by atoms with van der Waals surface area (Å²) in [6, 6.07) is 2.98. The van der Waals surface area contributed by atoms with Crippen molar-refractivity contribution in [2.75, 3.05) is 6.61 Å². The number of hydrogen-bond donors (Lipinski definition) is 2. The highest BCUT2D eigenvalue weighted by Gasteiger charge is 2.49. The number of H-pyrrole nitrogens is 1. The number of aliphatic hydroxyl groups is 1. The normalized spacial score (nSPS) is 23.9. The number of carbonyl (C=O) groups is 1. The van der Waals surface area contributed by atoms with Gasteiger partial charge < -0.3 is 14.6 Å². The highest BCUT2D eigenvalue weighted by molar-refractivity contribution is 6.81. The maximum atomic E-state index is 15.2. The first-order valence-electron chi connectivity index (χ1n) is 9.67. The molecule has 1 fully saturated rings. The first-order chi connectivity index (χ1) is 14.6. The summed E-state index contributed by atoms with van der Waals surface area (Å²) in [5.41, 5.74) is 0.689. The van der Waals surface area contributed by atoms with Crippen molar-refractivity contribution >= 4 is 20.1 Å². The van der Waals surface area contributed by atoms with Crippen LogP contribution in [0.2, 0.25) is 19.6 Å². The van der Waals surface area contributed by atoms with Crippen molar-refractivity contribution in [3.8, 4) is 0 Å². The highest BCUT2D eigenvalue weighted by Crippen LogP contribution is 2.33. The minimum Gasteiger partial charge on any atom is -0.453 e. The van der Waals surface area contributed by atoms with Crippen LogP contribution in [0.15, 0.2) is 46.0 Å². The van der Waals surface area contributed by atoms with E-state index in [-0.39, 0.29) is 11.1 Å². The molecule has 3 rings (SSSR count). The van der Waals surface area contributed by atoms with Crippen LogP contribution in [0.3, 0.4) is 0 Å². The zero-order valence-electron chi connectivity index (χ0n) is 17.3. The molecule has 2 aromatic heterocycles. The quantitative estimate of drug-likeness (QED) is 0.503. The van der Waals surface area contributed by atoms with Crippen LogP contribution in [0.25, 0.3) is 6.08 Å². The summed E-state index contributed by atoms with van der Waals surface area (Å²) in [6.45, 7) is 5.57. The average molecular weight is 450 g/mol. The van der Waals surface area contributed by atoms with Crippen molar-refractivity contribution < 1.29 is 23.8 Å². The lowest BCUT2D eigenvalue weighted by atomic mass is 10.1. The smallest absolute Gasteiger partial charge is 0.340 e. The highest BCUT2D eigenvalue weighted by atomic mass is 28.3. The third kappa shape index (κ3) is 5.24. The molecule has 1 saturated heterocycles. The molecule has 3 heterocycles. The number of esters is 1. The molecule has 0 amide bonds. The van der Waals surface area contributed by atoms with Crippen LogP contribution in [0.1, 0.15) is 22.1 Å². The molecule has 2 aromatic rings. The van der Waals surface area contributed by atoms with Gasteiger partial charge >= 0.3 is 11.7 Å². The number of ether oxygens (including phenoxy) is 2. The van der Waals surface area contributed by atoms with Crippen molar-refractivity contribution in [1.82, 2.24) is 14.5 Å². The van der Waals surface area contributed by atoms with E-state index in [0.29, 0.717) is 0 Å². The molecule has 0 aliphatic carbocycles. The number of rotatable bonds is 6. The maximum absolute atomic E-state index is 15.2. The summed E-state index contributed by atoms with van der Waals surface area (Å²) in [4.78, 5) is 42.7. The Balaban J connectivity index is 1.90. The van der Waals surface area contributed by atoms with Crippen LogP contribution >= 0.6 is 0 Å². The minimum atomic E-state index is -1.96. The van der Waals surface area contributed by atoms with Crippen LogP contribution in [0.4, 0.5) is 4.39 Å². The Morgan fingerprint density at radius 2 is 2.16 bits per heavy atom. The number of hydrogen-bond acceptors (Lipinski definition) is 7. The fraction of sp³-hybridized carbons (Fsp3) is 0.400. The zero-order valence-corrected chi connectivity index (χ0v) is 18.3. The van der Waals surface area contributed by atoms with E-state index in [1.165, 1.54) is 30.7 Å².